The number of carbonyl (C=O) groups is 1. The number of para-hydroxylation sites is 1. The summed E-state index contributed by atoms with van der Waals surface area (Å²) in [5.41, 5.74) is 3.85. The molecule has 2 N–H and O–H groups in total. The summed E-state index contributed by atoms with van der Waals surface area (Å²) in [7, 11) is 0. The van der Waals surface area contributed by atoms with E-state index in [-0.39, 0.29) is 12.5 Å². The molecule has 0 radical (unpaired) electrons. The SMILES string of the molecule is CCc1ccccc1NC(=O)CNc1ccc(C)c(Cl)c1. The Morgan fingerprint density at radius 2 is 1.95 bits per heavy atom. The van der Waals surface area contributed by atoms with Crippen molar-refractivity contribution in [3.63, 3.8) is 0 Å². The number of rotatable bonds is 5. The van der Waals surface area contributed by atoms with Crippen LogP contribution in [0.2, 0.25) is 5.02 Å². The van der Waals surface area contributed by atoms with Gasteiger partial charge in [-0.05, 0) is 42.7 Å². The number of carbonyl (C=O) groups excluding carboxylic acids is 1. The van der Waals surface area contributed by atoms with Crippen molar-refractivity contribution >= 4 is 28.9 Å². The number of anilines is 2. The van der Waals surface area contributed by atoms with Crippen LogP contribution in [-0.4, -0.2) is 12.5 Å². The molecule has 0 unspecified atom stereocenters. The maximum Gasteiger partial charge on any atom is 0.243 e. The lowest BCUT2D eigenvalue weighted by molar-refractivity contribution is -0.114. The molecule has 2 rings (SSSR count). The summed E-state index contributed by atoms with van der Waals surface area (Å²) in [4.78, 5) is 12.0. The van der Waals surface area contributed by atoms with Crippen molar-refractivity contribution in [3.05, 3.63) is 58.6 Å². The van der Waals surface area contributed by atoms with E-state index in [1.165, 1.54) is 0 Å². The number of halogens is 1. The maximum atomic E-state index is 12.0. The molecule has 0 bridgehead atoms. The minimum atomic E-state index is -0.0763. The fourth-order valence-electron chi connectivity index (χ4n) is 2.03. The van der Waals surface area contributed by atoms with Crippen LogP contribution in [0.25, 0.3) is 0 Å². The van der Waals surface area contributed by atoms with Crippen LogP contribution in [-0.2, 0) is 11.2 Å². The smallest absolute Gasteiger partial charge is 0.243 e. The molecule has 0 atom stereocenters. The van der Waals surface area contributed by atoms with Gasteiger partial charge in [-0.3, -0.25) is 4.79 Å². The van der Waals surface area contributed by atoms with Crippen LogP contribution in [0, 0.1) is 6.92 Å². The Bertz CT molecular complexity index is 640. The first kappa shape index (κ1) is 15.4. The predicted octanol–water partition coefficient (Wildman–Crippen LogP) is 4.26. The van der Waals surface area contributed by atoms with E-state index in [9.17, 15) is 4.79 Å². The Labute approximate surface area is 130 Å². The van der Waals surface area contributed by atoms with Crippen molar-refractivity contribution in [1.82, 2.24) is 0 Å². The number of nitrogens with one attached hydrogen (secondary N) is 2. The van der Waals surface area contributed by atoms with Crippen LogP contribution in [0.5, 0.6) is 0 Å². The van der Waals surface area contributed by atoms with E-state index < -0.39 is 0 Å². The molecule has 0 saturated carbocycles. The van der Waals surface area contributed by atoms with E-state index in [0.717, 1.165) is 28.9 Å². The Kier molecular flexibility index (Phi) is 5.23. The third kappa shape index (κ3) is 4.23. The van der Waals surface area contributed by atoms with Gasteiger partial charge in [-0.1, -0.05) is 42.8 Å². The average Bonchev–Trinajstić information content (AvgIpc) is 2.49. The second-order valence-electron chi connectivity index (χ2n) is 4.88. The van der Waals surface area contributed by atoms with Crippen LogP contribution < -0.4 is 10.6 Å². The van der Waals surface area contributed by atoms with Crippen LogP contribution in [0.4, 0.5) is 11.4 Å². The molecule has 0 aliphatic rings. The van der Waals surface area contributed by atoms with Crippen LogP contribution in [0.15, 0.2) is 42.5 Å². The zero-order valence-corrected chi connectivity index (χ0v) is 13.0. The second kappa shape index (κ2) is 7.14. The van der Waals surface area contributed by atoms with Gasteiger partial charge in [-0.15, -0.1) is 0 Å². The van der Waals surface area contributed by atoms with Gasteiger partial charge in [-0.2, -0.15) is 0 Å². The van der Waals surface area contributed by atoms with Crippen molar-refractivity contribution in [1.29, 1.82) is 0 Å². The molecule has 0 aliphatic heterocycles. The Hall–Kier alpha value is -2.00. The van der Waals surface area contributed by atoms with Crippen molar-refractivity contribution in [2.45, 2.75) is 20.3 Å². The van der Waals surface area contributed by atoms with E-state index in [1.807, 2.05) is 49.4 Å². The minimum Gasteiger partial charge on any atom is -0.376 e. The van der Waals surface area contributed by atoms with E-state index in [1.54, 1.807) is 0 Å². The van der Waals surface area contributed by atoms with Crippen molar-refractivity contribution < 1.29 is 4.79 Å². The first-order chi connectivity index (χ1) is 10.1. The molecule has 0 heterocycles. The summed E-state index contributed by atoms with van der Waals surface area (Å²) >= 11 is 6.06. The van der Waals surface area contributed by atoms with Gasteiger partial charge in [0.05, 0.1) is 6.54 Å². The highest BCUT2D eigenvalue weighted by atomic mass is 35.5. The van der Waals surface area contributed by atoms with Gasteiger partial charge >= 0.3 is 0 Å². The fourth-order valence-corrected chi connectivity index (χ4v) is 2.21. The zero-order valence-electron chi connectivity index (χ0n) is 12.2. The molecule has 2 aromatic carbocycles. The lowest BCUT2D eigenvalue weighted by Gasteiger charge is -2.11. The average molecular weight is 303 g/mol. The summed E-state index contributed by atoms with van der Waals surface area (Å²) in [6.07, 6.45) is 0.886. The number of aryl methyl sites for hydroxylation is 2. The first-order valence-corrected chi connectivity index (χ1v) is 7.35. The molecule has 4 heteroatoms. The van der Waals surface area contributed by atoms with Crippen LogP contribution in [0.1, 0.15) is 18.1 Å². The molecule has 1 amide bonds. The standard InChI is InChI=1S/C17H19ClN2O/c1-3-13-6-4-5-7-16(13)20-17(21)11-19-14-9-8-12(2)15(18)10-14/h4-10,19H,3,11H2,1-2H3,(H,20,21). The molecule has 0 spiro atoms. The Morgan fingerprint density at radius 1 is 1.19 bits per heavy atom. The summed E-state index contributed by atoms with van der Waals surface area (Å²) in [5, 5.41) is 6.69. The molecule has 21 heavy (non-hydrogen) atoms. The minimum absolute atomic E-state index is 0.0763. The van der Waals surface area contributed by atoms with Gasteiger partial charge in [0.2, 0.25) is 5.91 Å². The van der Waals surface area contributed by atoms with Crippen molar-refractivity contribution in [2.24, 2.45) is 0 Å². The van der Waals surface area contributed by atoms with Crippen LogP contribution >= 0.6 is 11.6 Å². The Morgan fingerprint density at radius 3 is 2.67 bits per heavy atom. The van der Waals surface area contributed by atoms with Gasteiger partial charge in [0.1, 0.15) is 0 Å². The second-order valence-corrected chi connectivity index (χ2v) is 5.28. The molecular weight excluding hydrogens is 284 g/mol. The lowest BCUT2D eigenvalue weighted by Crippen LogP contribution is -2.22. The maximum absolute atomic E-state index is 12.0. The predicted molar refractivity (Wildman–Crippen MR) is 89.1 cm³/mol. The fraction of sp³-hybridized carbons (Fsp3) is 0.235. The van der Waals surface area contributed by atoms with Gasteiger partial charge in [0.15, 0.2) is 0 Å². The van der Waals surface area contributed by atoms with E-state index in [4.69, 9.17) is 11.6 Å². The van der Waals surface area contributed by atoms with E-state index in [0.29, 0.717) is 5.02 Å². The highest BCUT2D eigenvalue weighted by Gasteiger charge is 2.06. The van der Waals surface area contributed by atoms with Gasteiger partial charge in [-0.25, -0.2) is 0 Å². The quantitative estimate of drug-likeness (QED) is 0.866. The first-order valence-electron chi connectivity index (χ1n) is 6.98. The largest absolute Gasteiger partial charge is 0.376 e. The summed E-state index contributed by atoms with van der Waals surface area (Å²) in [5.74, 6) is -0.0763. The topological polar surface area (TPSA) is 41.1 Å². The molecule has 3 nitrogen and oxygen atoms in total. The molecular formula is C17H19ClN2O. The molecule has 0 aromatic heterocycles. The van der Waals surface area contributed by atoms with Gasteiger partial charge in [0, 0.05) is 16.4 Å². The third-order valence-electron chi connectivity index (χ3n) is 3.30. The monoisotopic (exact) mass is 302 g/mol. The third-order valence-corrected chi connectivity index (χ3v) is 3.70. The molecule has 110 valence electrons. The molecule has 0 aliphatic carbocycles. The van der Waals surface area contributed by atoms with Crippen molar-refractivity contribution in [3.8, 4) is 0 Å². The summed E-state index contributed by atoms with van der Waals surface area (Å²) in [6.45, 7) is 4.22. The number of hydrogen-bond donors (Lipinski definition) is 2. The van der Waals surface area contributed by atoms with Crippen molar-refractivity contribution in [2.75, 3.05) is 17.2 Å². The lowest BCUT2D eigenvalue weighted by atomic mass is 10.1. The normalized spacial score (nSPS) is 10.2. The highest BCUT2D eigenvalue weighted by molar-refractivity contribution is 6.31. The number of hydrogen-bond acceptors (Lipinski definition) is 2. The molecule has 2 aromatic rings. The summed E-state index contributed by atoms with van der Waals surface area (Å²) in [6, 6.07) is 13.5. The zero-order chi connectivity index (χ0) is 15.2. The van der Waals surface area contributed by atoms with E-state index in [2.05, 4.69) is 17.6 Å². The van der Waals surface area contributed by atoms with Gasteiger partial charge in [0.25, 0.3) is 0 Å². The van der Waals surface area contributed by atoms with Crippen LogP contribution in [0.3, 0.4) is 0 Å². The Balaban J connectivity index is 1.94. The number of benzene rings is 2. The van der Waals surface area contributed by atoms with Gasteiger partial charge < -0.3 is 10.6 Å². The molecule has 0 saturated heterocycles. The highest BCUT2D eigenvalue weighted by Crippen LogP contribution is 2.20. The summed E-state index contributed by atoms with van der Waals surface area (Å²) < 4.78 is 0. The van der Waals surface area contributed by atoms with E-state index >= 15 is 0 Å². The number of amides is 1. The molecule has 0 fully saturated rings.